The molecule has 2 heterocycles. The van der Waals surface area contributed by atoms with Crippen LogP contribution in [-0.4, -0.2) is 17.0 Å². The molecule has 0 bridgehead atoms. The topological polar surface area (TPSA) is 51.2 Å². The van der Waals surface area contributed by atoms with E-state index in [1.165, 1.54) is 17.5 Å². The van der Waals surface area contributed by atoms with Crippen LogP contribution in [0.5, 0.6) is 5.88 Å². The number of hydrogen-bond acceptors (Lipinski definition) is 4. The van der Waals surface area contributed by atoms with Crippen LogP contribution in [0.4, 0.5) is 0 Å². The maximum absolute atomic E-state index is 12.1. The summed E-state index contributed by atoms with van der Waals surface area (Å²) in [6.45, 7) is 5.77. The van der Waals surface area contributed by atoms with Crippen molar-refractivity contribution in [2.45, 2.75) is 32.9 Å². The summed E-state index contributed by atoms with van der Waals surface area (Å²) in [5.74, 6) is 0.343. The van der Waals surface area contributed by atoms with E-state index in [9.17, 15) is 4.79 Å². The van der Waals surface area contributed by atoms with E-state index in [4.69, 9.17) is 16.3 Å². The van der Waals surface area contributed by atoms with Gasteiger partial charge in [-0.1, -0.05) is 11.6 Å². The molecule has 21 heavy (non-hydrogen) atoms. The highest BCUT2D eigenvalue weighted by Crippen LogP contribution is 2.26. The van der Waals surface area contributed by atoms with Crippen LogP contribution < -0.4 is 10.1 Å². The standard InChI is InChI=1S/C15H17ClN2O2S/c1-9(2)20-14-7-4-11(8-17-14)15(19)18-10(3)12-5-6-13(16)21-12/h4-10H,1-3H3,(H,18,19)/t10-/m1/s1. The Hall–Kier alpha value is -1.59. The number of nitrogens with one attached hydrogen (secondary N) is 1. The summed E-state index contributed by atoms with van der Waals surface area (Å²) in [4.78, 5) is 17.3. The number of carbonyl (C=O) groups excluding carboxylic acids is 1. The van der Waals surface area contributed by atoms with E-state index >= 15 is 0 Å². The molecule has 0 radical (unpaired) electrons. The number of rotatable bonds is 5. The van der Waals surface area contributed by atoms with Crippen LogP contribution in [0.3, 0.4) is 0 Å². The van der Waals surface area contributed by atoms with Crippen molar-refractivity contribution in [1.29, 1.82) is 0 Å². The summed E-state index contributed by atoms with van der Waals surface area (Å²) in [5, 5.41) is 2.92. The quantitative estimate of drug-likeness (QED) is 0.901. The fourth-order valence-corrected chi connectivity index (χ4v) is 2.80. The molecule has 2 rings (SSSR count). The number of nitrogens with zero attached hydrogens (tertiary/aromatic N) is 1. The van der Waals surface area contributed by atoms with Gasteiger partial charge >= 0.3 is 0 Å². The number of carbonyl (C=O) groups is 1. The summed E-state index contributed by atoms with van der Waals surface area (Å²) < 4.78 is 6.16. The zero-order chi connectivity index (χ0) is 15.4. The predicted molar refractivity (Wildman–Crippen MR) is 85.2 cm³/mol. The van der Waals surface area contributed by atoms with Crippen molar-refractivity contribution in [3.05, 3.63) is 45.2 Å². The van der Waals surface area contributed by atoms with E-state index in [-0.39, 0.29) is 18.1 Å². The van der Waals surface area contributed by atoms with E-state index < -0.39 is 0 Å². The van der Waals surface area contributed by atoms with Gasteiger partial charge in [0.15, 0.2) is 0 Å². The van der Waals surface area contributed by atoms with E-state index in [1.54, 1.807) is 12.1 Å². The molecule has 2 aromatic rings. The lowest BCUT2D eigenvalue weighted by Gasteiger charge is -2.12. The second-order valence-electron chi connectivity index (χ2n) is 4.89. The van der Waals surface area contributed by atoms with Crippen molar-refractivity contribution >= 4 is 28.8 Å². The zero-order valence-electron chi connectivity index (χ0n) is 12.1. The van der Waals surface area contributed by atoms with Crippen LogP contribution in [0.2, 0.25) is 4.34 Å². The van der Waals surface area contributed by atoms with Crippen molar-refractivity contribution in [2.75, 3.05) is 0 Å². The molecule has 0 saturated heterocycles. The number of thiophene rings is 1. The summed E-state index contributed by atoms with van der Waals surface area (Å²) in [5.41, 5.74) is 0.501. The molecule has 0 spiro atoms. The Kier molecular flexibility index (Phi) is 5.20. The fourth-order valence-electron chi connectivity index (χ4n) is 1.74. The molecule has 0 fully saturated rings. The third-order valence-electron chi connectivity index (χ3n) is 2.72. The van der Waals surface area contributed by atoms with Crippen LogP contribution >= 0.6 is 22.9 Å². The fraction of sp³-hybridized carbons (Fsp3) is 0.333. The lowest BCUT2D eigenvalue weighted by molar-refractivity contribution is 0.0940. The van der Waals surface area contributed by atoms with Crippen molar-refractivity contribution in [1.82, 2.24) is 10.3 Å². The molecule has 0 aliphatic heterocycles. The highest BCUT2D eigenvalue weighted by atomic mass is 35.5. The molecule has 1 amide bonds. The van der Waals surface area contributed by atoms with Crippen LogP contribution in [0.1, 0.15) is 42.0 Å². The van der Waals surface area contributed by atoms with Gasteiger partial charge in [0.2, 0.25) is 5.88 Å². The number of ether oxygens (including phenoxy) is 1. The monoisotopic (exact) mass is 324 g/mol. The first-order chi connectivity index (χ1) is 9.95. The van der Waals surface area contributed by atoms with Crippen LogP contribution in [0.15, 0.2) is 30.5 Å². The van der Waals surface area contributed by atoms with Crippen LogP contribution in [-0.2, 0) is 0 Å². The molecular weight excluding hydrogens is 308 g/mol. The third-order valence-corrected chi connectivity index (χ3v) is 4.14. The van der Waals surface area contributed by atoms with Gasteiger partial charge in [-0.2, -0.15) is 0 Å². The zero-order valence-corrected chi connectivity index (χ0v) is 13.7. The highest BCUT2D eigenvalue weighted by molar-refractivity contribution is 7.16. The van der Waals surface area contributed by atoms with Gasteiger partial charge in [0.05, 0.1) is 22.0 Å². The predicted octanol–water partition coefficient (Wildman–Crippen LogP) is 4.07. The average molecular weight is 325 g/mol. The van der Waals surface area contributed by atoms with E-state index in [0.717, 1.165) is 4.88 Å². The molecule has 1 atom stereocenters. The lowest BCUT2D eigenvalue weighted by Crippen LogP contribution is -2.26. The van der Waals surface area contributed by atoms with Crippen molar-refractivity contribution in [3.63, 3.8) is 0 Å². The Bertz CT molecular complexity index is 610. The minimum Gasteiger partial charge on any atom is -0.475 e. The molecule has 0 aliphatic rings. The molecule has 0 aromatic carbocycles. The smallest absolute Gasteiger partial charge is 0.253 e. The van der Waals surface area contributed by atoms with Crippen molar-refractivity contribution < 1.29 is 9.53 Å². The van der Waals surface area contributed by atoms with E-state index in [0.29, 0.717) is 15.8 Å². The van der Waals surface area contributed by atoms with Gasteiger partial charge in [0.1, 0.15) is 0 Å². The first kappa shape index (κ1) is 15.8. The Balaban J connectivity index is 1.99. The summed E-state index contributed by atoms with van der Waals surface area (Å²) in [7, 11) is 0. The highest BCUT2D eigenvalue weighted by Gasteiger charge is 2.13. The largest absolute Gasteiger partial charge is 0.475 e. The minimum absolute atomic E-state index is 0.0563. The number of hydrogen-bond donors (Lipinski definition) is 1. The number of halogens is 1. The lowest BCUT2D eigenvalue weighted by atomic mass is 10.2. The van der Waals surface area contributed by atoms with Gasteiger partial charge in [0.25, 0.3) is 5.91 Å². The van der Waals surface area contributed by atoms with Crippen molar-refractivity contribution in [2.24, 2.45) is 0 Å². The van der Waals surface area contributed by atoms with Gasteiger partial charge in [-0.3, -0.25) is 4.79 Å². The Morgan fingerprint density at radius 1 is 1.29 bits per heavy atom. The minimum atomic E-state index is -0.171. The van der Waals surface area contributed by atoms with Crippen LogP contribution in [0, 0.1) is 0 Å². The molecule has 0 aliphatic carbocycles. The Morgan fingerprint density at radius 2 is 2.05 bits per heavy atom. The number of pyridine rings is 1. The van der Waals surface area contributed by atoms with Gasteiger partial charge in [-0.25, -0.2) is 4.98 Å². The summed E-state index contributed by atoms with van der Waals surface area (Å²) in [6.07, 6.45) is 1.57. The second-order valence-corrected chi connectivity index (χ2v) is 6.64. The molecule has 1 N–H and O–H groups in total. The molecule has 4 nitrogen and oxygen atoms in total. The average Bonchev–Trinajstić information content (AvgIpc) is 2.85. The molecule has 2 aromatic heterocycles. The Labute approximate surface area is 133 Å². The van der Waals surface area contributed by atoms with E-state index in [2.05, 4.69) is 10.3 Å². The molecular formula is C15H17ClN2O2S. The molecule has 0 saturated carbocycles. The van der Waals surface area contributed by atoms with Gasteiger partial charge in [-0.15, -0.1) is 11.3 Å². The molecule has 6 heteroatoms. The second kappa shape index (κ2) is 6.91. The van der Waals surface area contributed by atoms with Gasteiger partial charge in [0, 0.05) is 17.1 Å². The SMILES string of the molecule is CC(C)Oc1ccc(C(=O)N[C@H](C)c2ccc(Cl)s2)cn1. The number of amides is 1. The first-order valence-electron chi connectivity index (χ1n) is 6.64. The van der Waals surface area contributed by atoms with Crippen molar-refractivity contribution in [3.8, 4) is 5.88 Å². The Morgan fingerprint density at radius 3 is 2.57 bits per heavy atom. The first-order valence-corrected chi connectivity index (χ1v) is 7.84. The summed E-state index contributed by atoms with van der Waals surface area (Å²) in [6, 6.07) is 7.04. The number of aromatic nitrogens is 1. The third kappa shape index (κ3) is 4.44. The maximum atomic E-state index is 12.1. The molecule has 112 valence electrons. The van der Waals surface area contributed by atoms with Gasteiger partial charge in [-0.05, 0) is 39.0 Å². The van der Waals surface area contributed by atoms with Crippen LogP contribution in [0.25, 0.3) is 0 Å². The summed E-state index contributed by atoms with van der Waals surface area (Å²) >= 11 is 7.36. The van der Waals surface area contributed by atoms with E-state index in [1.807, 2.05) is 32.9 Å². The maximum Gasteiger partial charge on any atom is 0.253 e. The normalized spacial score (nSPS) is 12.2. The van der Waals surface area contributed by atoms with Gasteiger partial charge < -0.3 is 10.1 Å². The molecule has 0 unspecified atom stereocenters.